The van der Waals surface area contributed by atoms with Crippen LogP contribution < -0.4 is 14.8 Å². The SMILES string of the molecule is CC(=O)N1CCC(NC(=O)C2COc3ccccc3O2)CC1. The molecule has 2 amide bonds. The van der Waals surface area contributed by atoms with E-state index in [1.165, 1.54) is 0 Å². The van der Waals surface area contributed by atoms with E-state index in [0.29, 0.717) is 24.6 Å². The van der Waals surface area contributed by atoms with Crippen LogP contribution >= 0.6 is 0 Å². The van der Waals surface area contributed by atoms with Crippen molar-refractivity contribution < 1.29 is 19.1 Å². The highest BCUT2D eigenvalue weighted by Gasteiger charge is 2.30. The van der Waals surface area contributed by atoms with Crippen LogP contribution in [0.25, 0.3) is 0 Å². The number of likely N-dealkylation sites (tertiary alicyclic amines) is 1. The van der Waals surface area contributed by atoms with E-state index in [1.807, 2.05) is 18.2 Å². The summed E-state index contributed by atoms with van der Waals surface area (Å²) in [5, 5.41) is 3.00. The van der Waals surface area contributed by atoms with E-state index in [0.717, 1.165) is 12.8 Å². The minimum Gasteiger partial charge on any atom is -0.485 e. The molecule has 2 heterocycles. The summed E-state index contributed by atoms with van der Waals surface area (Å²) in [6, 6.07) is 7.41. The Kier molecular flexibility index (Phi) is 4.18. The van der Waals surface area contributed by atoms with Gasteiger partial charge in [-0.05, 0) is 25.0 Å². The monoisotopic (exact) mass is 304 g/mol. The number of para-hydroxylation sites is 2. The first-order valence-electron chi connectivity index (χ1n) is 7.58. The number of nitrogens with zero attached hydrogens (tertiary/aromatic N) is 1. The van der Waals surface area contributed by atoms with E-state index in [2.05, 4.69) is 5.32 Å². The zero-order valence-electron chi connectivity index (χ0n) is 12.6. The first-order chi connectivity index (χ1) is 10.6. The molecule has 1 fully saturated rings. The van der Waals surface area contributed by atoms with E-state index in [9.17, 15) is 9.59 Å². The van der Waals surface area contributed by atoms with Gasteiger partial charge in [-0.25, -0.2) is 0 Å². The summed E-state index contributed by atoms with van der Waals surface area (Å²) < 4.78 is 11.2. The van der Waals surface area contributed by atoms with Crippen molar-refractivity contribution in [3.8, 4) is 11.5 Å². The van der Waals surface area contributed by atoms with Gasteiger partial charge < -0.3 is 19.7 Å². The number of carbonyl (C=O) groups excluding carboxylic acids is 2. The highest BCUT2D eigenvalue weighted by Crippen LogP contribution is 2.30. The molecule has 2 aliphatic heterocycles. The molecular formula is C16H20N2O4. The standard InChI is InChI=1S/C16H20N2O4/c1-11(19)18-8-6-12(7-9-18)17-16(20)15-10-21-13-4-2-3-5-14(13)22-15/h2-5,12,15H,6-10H2,1H3,(H,17,20). The Bertz CT molecular complexity index is 567. The molecular weight excluding hydrogens is 284 g/mol. The van der Waals surface area contributed by atoms with Crippen LogP contribution in [0.2, 0.25) is 0 Å². The minimum absolute atomic E-state index is 0.0869. The molecule has 0 aliphatic carbocycles. The second-order valence-corrected chi connectivity index (χ2v) is 5.65. The van der Waals surface area contributed by atoms with Gasteiger partial charge in [-0.15, -0.1) is 0 Å². The molecule has 3 rings (SSSR count). The molecule has 118 valence electrons. The Morgan fingerprint density at radius 3 is 2.55 bits per heavy atom. The normalized spacial score (nSPS) is 21.3. The molecule has 1 aromatic rings. The van der Waals surface area contributed by atoms with Gasteiger partial charge in [0.15, 0.2) is 11.5 Å². The zero-order valence-corrected chi connectivity index (χ0v) is 12.6. The van der Waals surface area contributed by atoms with Crippen LogP contribution in [0.1, 0.15) is 19.8 Å². The van der Waals surface area contributed by atoms with E-state index in [4.69, 9.17) is 9.47 Å². The van der Waals surface area contributed by atoms with Crippen molar-refractivity contribution in [1.82, 2.24) is 10.2 Å². The van der Waals surface area contributed by atoms with Gasteiger partial charge in [0, 0.05) is 26.1 Å². The van der Waals surface area contributed by atoms with Gasteiger partial charge in [0.05, 0.1) is 0 Å². The molecule has 1 aromatic carbocycles. The fourth-order valence-electron chi connectivity index (χ4n) is 2.78. The van der Waals surface area contributed by atoms with E-state index >= 15 is 0 Å². The third kappa shape index (κ3) is 3.16. The van der Waals surface area contributed by atoms with E-state index in [1.54, 1.807) is 17.9 Å². The number of ether oxygens (including phenoxy) is 2. The van der Waals surface area contributed by atoms with Crippen molar-refractivity contribution in [1.29, 1.82) is 0 Å². The quantitative estimate of drug-likeness (QED) is 0.883. The van der Waals surface area contributed by atoms with Crippen molar-refractivity contribution >= 4 is 11.8 Å². The third-order valence-electron chi connectivity index (χ3n) is 4.09. The van der Waals surface area contributed by atoms with Crippen LogP contribution in [0.15, 0.2) is 24.3 Å². The number of benzene rings is 1. The summed E-state index contributed by atoms with van der Waals surface area (Å²) in [5.74, 6) is 1.20. The summed E-state index contributed by atoms with van der Waals surface area (Å²) in [7, 11) is 0. The number of carbonyl (C=O) groups is 2. The van der Waals surface area contributed by atoms with Gasteiger partial charge in [0.1, 0.15) is 6.61 Å². The highest BCUT2D eigenvalue weighted by molar-refractivity contribution is 5.82. The molecule has 1 N–H and O–H groups in total. The Hall–Kier alpha value is -2.24. The number of hydrogen-bond donors (Lipinski definition) is 1. The maximum atomic E-state index is 12.3. The molecule has 0 spiro atoms. The largest absolute Gasteiger partial charge is 0.485 e. The summed E-state index contributed by atoms with van der Waals surface area (Å²) in [4.78, 5) is 25.4. The molecule has 6 heteroatoms. The first-order valence-corrected chi connectivity index (χ1v) is 7.58. The molecule has 1 atom stereocenters. The Labute approximate surface area is 129 Å². The minimum atomic E-state index is -0.624. The summed E-state index contributed by atoms with van der Waals surface area (Å²) in [5.41, 5.74) is 0. The fraction of sp³-hybridized carbons (Fsp3) is 0.500. The lowest BCUT2D eigenvalue weighted by Gasteiger charge is -2.33. The number of amides is 2. The lowest BCUT2D eigenvalue weighted by Crippen LogP contribution is -2.51. The maximum Gasteiger partial charge on any atom is 0.264 e. The molecule has 0 radical (unpaired) electrons. The average molecular weight is 304 g/mol. The molecule has 1 unspecified atom stereocenters. The molecule has 6 nitrogen and oxygen atoms in total. The lowest BCUT2D eigenvalue weighted by molar-refractivity contribution is -0.132. The topological polar surface area (TPSA) is 67.9 Å². The van der Waals surface area contributed by atoms with Gasteiger partial charge in [-0.3, -0.25) is 9.59 Å². The molecule has 0 bridgehead atoms. The maximum absolute atomic E-state index is 12.3. The average Bonchev–Trinajstić information content (AvgIpc) is 2.55. The summed E-state index contributed by atoms with van der Waals surface area (Å²) in [6.45, 7) is 3.16. The van der Waals surface area contributed by atoms with Gasteiger partial charge >= 0.3 is 0 Å². The van der Waals surface area contributed by atoms with Crippen molar-refractivity contribution in [2.24, 2.45) is 0 Å². The number of rotatable bonds is 2. The predicted molar refractivity (Wildman–Crippen MR) is 79.8 cm³/mol. The lowest BCUT2D eigenvalue weighted by atomic mass is 10.0. The molecule has 0 aromatic heterocycles. The molecule has 1 saturated heterocycles. The molecule has 2 aliphatic rings. The Morgan fingerprint density at radius 2 is 1.86 bits per heavy atom. The van der Waals surface area contributed by atoms with Crippen molar-refractivity contribution in [3.05, 3.63) is 24.3 Å². The fourth-order valence-corrected chi connectivity index (χ4v) is 2.78. The van der Waals surface area contributed by atoms with Crippen LogP contribution in [-0.4, -0.2) is 48.6 Å². The van der Waals surface area contributed by atoms with Crippen LogP contribution in [-0.2, 0) is 9.59 Å². The van der Waals surface area contributed by atoms with Crippen LogP contribution in [0.4, 0.5) is 0 Å². The second kappa shape index (κ2) is 6.25. The summed E-state index contributed by atoms with van der Waals surface area (Å²) >= 11 is 0. The van der Waals surface area contributed by atoms with Crippen LogP contribution in [0, 0.1) is 0 Å². The smallest absolute Gasteiger partial charge is 0.264 e. The van der Waals surface area contributed by atoms with E-state index < -0.39 is 6.10 Å². The molecule has 0 saturated carbocycles. The third-order valence-corrected chi connectivity index (χ3v) is 4.09. The van der Waals surface area contributed by atoms with Gasteiger partial charge in [-0.1, -0.05) is 12.1 Å². The number of piperidine rings is 1. The zero-order chi connectivity index (χ0) is 15.5. The second-order valence-electron chi connectivity index (χ2n) is 5.65. The van der Waals surface area contributed by atoms with Gasteiger partial charge in [0.2, 0.25) is 12.0 Å². The van der Waals surface area contributed by atoms with Crippen LogP contribution in [0.3, 0.4) is 0 Å². The summed E-state index contributed by atoms with van der Waals surface area (Å²) in [6.07, 6.45) is 0.922. The first kappa shape index (κ1) is 14.7. The van der Waals surface area contributed by atoms with Crippen LogP contribution in [0.5, 0.6) is 11.5 Å². The number of nitrogens with one attached hydrogen (secondary N) is 1. The van der Waals surface area contributed by atoms with Crippen molar-refractivity contribution in [2.45, 2.75) is 31.9 Å². The van der Waals surface area contributed by atoms with Crippen molar-refractivity contribution in [2.75, 3.05) is 19.7 Å². The van der Waals surface area contributed by atoms with Crippen molar-refractivity contribution in [3.63, 3.8) is 0 Å². The predicted octanol–water partition coefficient (Wildman–Crippen LogP) is 0.954. The van der Waals surface area contributed by atoms with Gasteiger partial charge in [-0.2, -0.15) is 0 Å². The van der Waals surface area contributed by atoms with Gasteiger partial charge in [0.25, 0.3) is 5.91 Å². The number of hydrogen-bond acceptors (Lipinski definition) is 4. The molecule has 22 heavy (non-hydrogen) atoms. The number of fused-ring (bicyclic) bond motifs is 1. The Morgan fingerprint density at radius 1 is 1.18 bits per heavy atom. The van der Waals surface area contributed by atoms with E-state index in [-0.39, 0.29) is 24.5 Å². The highest BCUT2D eigenvalue weighted by atomic mass is 16.6. The Balaban J connectivity index is 1.52.